The number of benzene rings is 2. The lowest BCUT2D eigenvalue weighted by Gasteiger charge is -2.47. The highest BCUT2D eigenvalue weighted by molar-refractivity contribution is 5.97. The van der Waals surface area contributed by atoms with Crippen LogP contribution in [-0.4, -0.2) is 116 Å². The lowest BCUT2D eigenvalue weighted by Crippen LogP contribution is -2.57. The highest BCUT2D eigenvalue weighted by atomic mass is 19.1. The average molecular weight is 759 g/mol. The molecule has 0 unspecified atom stereocenters. The van der Waals surface area contributed by atoms with Crippen LogP contribution in [0.15, 0.2) is 54.7 Å². The van der Waals surface area contributed by atoms with Crippen LogP contribution < -0.4 is 20.3 Å². The third-order valence-electron chi connectivity index (χ3n) is 11.5. The van der Waals surface area contributed by atoms with Gasteiger partial charge in [-0.3, -0.25) is 14.5 Å². The van der Waals surface area contributed by atoms with Crippen LogP contribution in [0.5, 0.6) is 11.5 Å². The van der Waals surface area contributed by atoms with Crippen molar-refractivity contribution in [3.8, 4) is 11.5 Å². The molecule has 3 fully saturated rings. The second-order valence-corrected chi connectivity index (χ2v) is 15.3. The molecule has 55 heavy (non-hydrogen) atoms. The van der Waals surface area contributed by atoms with E-state index in [4.69, 9.17) is 14.2 Å². The van der Waals surface area contributed by atoms with Gasteiger partial charge in [0.05, 0.1) is 31.8 Å². The summed E-state index contributed by atoms with van der Waals surface area (Å²) < 4.78 is 31.8. The molecular formula is C42H55FN6O6. The zero-order valence-electron chi connectivity index (χ0n) is 31.8. The van der Waals surface area contributed by atoms with Crippen molar-refractivity contribution in [3.05, 3.63) is 77.2 Å². The summed E-state index contributed by atoms with van der Waals surface area (Å²) in [5, 5.41) is 16.3. The van der Waals surface area contributed by atoms with Crippen LogP contribution in [0.3, 0.4) is 0 Å². The molecule has 296 valence electrons. The Morgan fingerprint density at radius 1 is 1.05 bits per heavy atom. The first-order valence-electron chi connectivity index (χ1n) is 20.0. The predicted octanol–water partition coefficient (Wildman–Crippen LogP) is 4.68. The van der Waals surface area contributed by atoms with E-state index in [2.05, 4.69) is 49.7 Å². The number of nitrogens with one attached hydrogen (secondary N) is 2. The van der Waals surface area contributed by atoms with Crippen LogP contribution >= 0.6 is 0 Å². The molecule has 3 aliphatic heterocycles. The van der Waals surface area contributed by atoms with Gasteiger partial charge in [-0.15, -0.1) is 0 Å². The van der Waals surface area contributed by atoms with Gasteiger partial charge in [0.25, 0.3) is 5.91 Å². The van der Waals surface area contributed by atoms with Crippen LogP contribution in [0, 0.1) is 5.82 Å². The van der Waals surface area contributed by atoms with Gasteiger partial charge in [-0.1, -0.05) is 43.2 Å². The standard InChI is InChI=1S/C42H55FN6O6/c43-34-11-17-45-37(27-34)48-22-25-55-42(30-48)14-19-47(20-15-42)28-32-5-3-4-31(26-32)12-23-53-24-13-39(52)49(35-6-1-2-7-35)21-18-44-16-10-33-8-9-36(50)40-41(33)54-29-38(51)46-40/h3-5,8-9,11,17,26-27,35,44,50H,1-2,6-7,10,12-16,18-25,28-30H2,(H,46,51). The topological polar surface area (TPSA) is 129 Å². The SMILES string of the molecule is O=C1COc2c(CCNCCN(C(=O)CCOCCc3cccc(CN4CCC5(CC4)CN(c4cc(F)ccn4)CCO5)c3)C3CCCC3)ccc(O)c2N1. The predicted molar refractivity (Wildman–Crippen MR) is 208 cm³/mol. The van der Waals surface area contributed by atoms with Gasteiger partial charge in [-0.25, -0.2) is 9.37 Å². The Kier molecular flexibility index (Phi) is 13.1. The van der Waals surface area contributed by atoms with Crippen molar-refractivity contribution in [2.75, 3.05) is 82.5 Å². The number of hydrogen-bond acceptors (Lipinski definition) is 10. The highest BCUT2D eigenvalue weighted by Gasteiger charge is 2.40. The van der Waals surface area contributed by atoms with Gasteiger partial charge >= 0.3 is 0 Å². The normalized spacial score (nSPS) is 18.6. The van der Waals surface area contributed by atoms with E-state index in [-0.39, 0.29) is 41.6 Å². The molecule has 12 nitrogen and oxygen atoms in total. The largest absolute Gasteiger partial charge is 0.506 e. The average Bonchev–Trinajstić information content (AvgIpc) is 3.73. The lowest BCUT2D eigenvalue weighted by molar-refractivity contribution is -0.134. The number of carbonyl (C=O) groups excluding carboxylic acids is 2. The lowest BCUT2D eigenvalue weighted by atomic mass is 9.89. The molecule has 4 aliphatic rings. The fraction of sp³-hybridized carbons (Fsp3) is 0.548. The molecule has 7 rings (SSSR count). The minimum atomic E-state index is -0.281. The van der Waals surface area contributed by atoms with E-state index in [1.54, 1.807) is 6.07 Å². The van der Waals surface area contributed by atoms with Gasteiger partial charge in [0.2, 0.25) is 5.91 Å². The van der Waals surface area contributed by atoms with Gasteiger partial charge in [0.15, 0.2) is 12.4 Å². The van der Waals surface area contributed by atoms with E-state index in [1.165, 1.54) is 29.5 Å². The summed E-state index contributed by atoms with van der Waals surface area (Å²) >= 11 is 0. The van der Waals surface area contributed by atoms with E-state index < -0.39 is 0 Å². The number of phenols is 1. The minimum Gasteiger partial charge on any atom is -0.506 e. The number of carbonyl (C=O) groups is 2. The number of nitrogens with zero attached hydrogens (tertiary/aromatic N) is 4. The summed E-state index contributed by atoms with van der Waals surface area (Å²) in [6.07, 6.45) is 9.62. The zero-order valence-corrected chi connectivity index (χ0v) is 31.8. The molecule has 2 amide bonds. The Hall–Kier alpha value is -4.30. The molecule has 0 atom stereocenters. The van der Waals surface area contributed by atoms with Crippen molar-refractivity contribution in [1.82, 2.24) is 20.1 Å². The van der Waals surface area contributed by atoms with Gasteiger partial charge < -0.3 is 39.8 Å². The van der Waals surface area contributed by atoms with Crippen LogP contribution in [0.25, 0.3) is 0 Å². The molecule has 4 heterocycles. The number of phenolic OH excluding ortho intramolecular Hbond substituents is 1. The van der Waals surface area contributed by atoms with E-state index >= 15 is 0 Å². The first-order valence-corrected chi connectivity index (χ1v) is 20.0. The van der Waals surface area contributed by atoms with Crippen molar-refractivity contribution in [2.45, 2.75) is 76.0 Å². The number of morpholine rings is 1. The van der Waals surface area contributed by atoms with E-state index in [9.17, 15) is 19.1 Å². The van der Waals surface area contributed by atoms with Crippen molar-refractivity contribution in [3.63, 3.8) is 0 Å². The molecule has 3 N–H and O–H groups in total. The van der Waals surface area contributed by atoms with Crippen LogP contribution in [-0.2, 0) is 38.4 Å². The summed E-state index contributed by atoms with van der Waals surface area (Å²) in [4.78, 5) is 36.2. The van der Waals surface area contributed by atoms with Gasteiger partial charge in [0, 0.05) is 64.1 Å². The maximum atomic E-state index is 13.8. The van der Waals surface area contributed by atoms with E-state index in [0.29, 0.717) is 69.6 Å². The summed E-state index contributed by atoms with van der Waals surface area (Å²) in [5.74, 6) is 0.801. The number of piperidine rings is 1. The van der Waals surface area contributed by atoms with Crippen molar-refractivity contribution in [2.24, 2.45) is 0 Å². The van der Waals surface area contributed by atoms with E-state index in [0.717, 1.165) is 83.2 Å². The number of aromatic nitrogens is 1. The molecule has 13 heteroatoms. The second kappa shape index (κ2) is 18.6. The molecule has 1 aliphatic carbocycles. The number of ether oxygens (including phenoxy) is 3. The number of rotatable bonds is 16. The Morgan fingerprint density at radius 2 is 1.89 bits per heavy atom. The quantitative estimate of drug-likeness (QED) is 0.140. The molecule has 1 spiro atoms. The Labute approximate surface area is 323 Å². The molecule has 2 aromatic carbocycles. The smallest absolute Gasteiger partial charge is 0.262 e. The Balaban J connectivity index is 0.804. The van der Waals surface area contributed by atoms with Crippen LogP contribution in [0.1, 0.15) is 61.6 Å². The van der Waals surface area contributed by atoms with Crippen LogP contribution in [0.4, 0.5) is 15.9 Å². The van der Waals surface area contributed by atoms with Crippen molar-refractivity contribution < 1.29 is 33.3 Å². The van der Waals surface area contributed by atoms with Gasteiger partial charge in [-0.2, -0.15) is 0 Å². The number of pyridine rings is 1. The number of amides is 2. The monoisotopic (exact) mass is 758 g/mol. The molecule has 1 saturated carbocycles. The molecule has 2 saturated heterocycles. The minimum absolute atomic E-state index is 0.00580. The number of fused-ring (bicyclic) bond motifs is 1. The molecule has 0 bridgehead atoms. The maximum absolute atomic E-state index is 13.8. The van der Waals surface area contributed by atoms with Crippen molar-refractivity contribution >= 4 is 23.3 Å². The van der Waals surface area contributed by atoms with Gasteiger partial charge in [-0.05, 0) is 73.9 Å². The Morgan fingerprint density at radius 3 is 2.73 bits per heavy atom. The molecule has 3 aromatic rings. The van der Waals surface area contributed by atoms with Crippen molar-refractivity contribution in [1.29, 1.82) is 0 Å². The summed E-state index contributed by atoms with van der Waals surface area (Å²) in [6.45, 7) is 7.75. The fourth-order valence-corrected chi connectivity index (χ4v) is 8.45. The van der Waals surface area contributed by atoms with Crippen LogP contribution in [0.2, 0.25) is 0 Å². The molecular weight excluding hydrogens is 703 g/mol. The number of aromatic hydroxyl groups is 1. The number of hydrogen-bond donors (Lipinski definition) is 3. The number of halogens is 1. The highest BCUT2D eigenvalue weighted by Crippen LogP contribution is 2.39. The maximum Gasteiger partial charge on any atom is 0.262 e. The number of likely N-dealkylation sites (tertiary alicyclic amines) is 1. The molecule has 1 aromatic heterocycles. The fourth-order valence-electron chi connectivity index (χ4n) is 8.45. The van der Waals surface area contributed by atoms with Gasteiger partial charge in [0.1, 0.15) is 23.1 Å². The van der Waals surface area contributed by atoms with E-state index in [1.807, 2.05) is 11.0 Å². The second-order valence-electron chi connectivity index (χ2n) is 15.3. The first-order chi connectivity index (χ1) is 26.8. The third-order valence-corrected chi connectivity index (χ3v) is 11.5. The Bertz CT molecular complexity index is 1760. The summed E-state index contributed by atoms with van der Waals surface area (Å²) in [7, 11) is 0. The summed E-state index contributed by atoms with van der Waals surface area (Å²) in [5.41, 5.74) is 3.53. The molecule has 0 radical (unpaired) electrons. The number of anilines is 2. The third kappa shape index (κ3) is 10.3. The first kappa shape index (κ1) is 39.0. The summed E-state index contributed by atoms with van der Waals surface area (Å²) in [6, 6.07) is 15.3. The zero-order chi connectivity index (χ0) is 38.0.